The van der Waals surface area contributed by atoms with Gasteiger partial charge in [-0.05, 0) is 110 Å². The van der Waals surface area contributed by atoms with Crippen LogP contribution in [0, 0.1) is 12.1 Å². The molecule has 0 saturated carbocycles. The van der Waals surface area contributed by atoms with Crippen LogP contribution >= 0.6 is 0 Å². The van der Waals surface area contributed by atoms with Crippen molar-refractivity contribution in [2.45, 2.75) is 65.7 Å². The molecule has 0 fully saturated rings. The maximum absolute atomic E-state index is 6.69. The van der Waals surface area contributed by atoms with Crippen molar-refractivity contribution in [2.24, 2.45) is 0 Å². The Labute approximate surface area is 422 Å². The maximum Gasteiger partial charge on any atom is 0.216 e. The molecule has 5 heterocycles. The zero-order valence-electron chi connectivity index (χ0n) is 40.3. The van der Waals surface area contributed by atoms with Crippen LogP contribution in [0.3, 0.4) is 0 Å². The van der Waals surface area contributed by atoms with Crippen LogP contribution in [0.5, 0.6) is 0 Å². The van der Waals surface area contributed by atoms with E-state index in [4.69, 9.17) is 18.8 Å². The smallest absolute Gasteiger partial charge is 0.216 e. The zero-order chi connectivity index (χ0) is 47.4. The van der Waals surface area contributed by atoms with Crippen molar-refractivity contribution in [3.05, 3.63) is 205 Å². The van der Waals surface area contributed by atoms with Crippen molar-refractivity contribution in [2.75, 3.05) is 0 Å². The number of benzene rings is 7. The van der Waals surface area contributed by atoms with Crippen molar-refractivity contribution in [1.82, 2.24) is 19.5 Å². The van der Waals surface area contributed by atoms with Gasteiger partial charge in [0.2, 0.25) is 5.71 Å². The first-order valence-corrected chi connectivity index (χ1v) is 23.8. The van der Waals surface area contributed by atoms with Gasteiger partial charge in [0, 0.05) is 42.8 Å². The van der Waals surface area contributed by atoms with Crippen LogP contribution in [0.4, 0.5) is 0 Å². The Hall–Kier alpha value is -7.44. The number of furan rings is 2. The van der Waals surface area contributed by atoms with Gasteiger partial charge in [0.05, 0.1) is 22.4 Å². The van der Waals surface area contributed by atoms with E-state index in [0.717, 1.165) is 72.2 Å². The Morgan fingerprint density at radius 1 is 0.557 bits per heavy atom. The average molecular weight is 1090 g/mol. The molecule has 0 aliphatic rings. The predicted molar refractivity (Wildman–Crippen MR) is 284 cm³/mol. The van der Waals surface area contributed by atoms with Crippen molar-refractivity contribution >= 4 is 55.2 Å². The third-order valence-corrected chi connectivity index (χ3v) is 13.1. The van der Waals surface area contributed by atoms with E-state index in [9.17, 15) is 0 Å². The second kappa shape index (κ2) is 18.8. The molecule has 5 aromatic heterocycles. The number of para-hydroxylation sites is 3. The first-order chi connectivity index (χ1) is 33.5. The summed E-state index contributed by atoms with van der Waals surface area (Å²) < 4.78 is 15.2. The first-order valence-electron chi connectivity index (χ1n) is 23.8. The minimum atomic E-state index is 0. The first kappa shape index (κ1) is 46.3. The number of fused-ring (bicyclic) bond motifs is 7. The number of rotatable bonds is 7. The summed E-state index contributed by atoms with van der Waals surface area (Å²) in [5, 5.41) is 2.82. The summed E-state index contributed by atoms with van der Waals surface area (Å²) in [6, 6.07) is 65.6. The van der Waals surface area contributed by atoms with Crippen LogP contribution in [0.25, 0.3) is 106 Å². The molecule has 7 heteroatoms. The number of hydrogen-bond acceptors (Lipinski definition) is 5. The monoisotopic (exact) mass is 1090 g/mol. The molecule has 7 aromatic carbocycles. The number of aromatic nitrogens is 4. The number of pyridine rings is 2. The van der Waals surface area contributed by atoms with Crippen molar-refractivity contribution in [1.29, 1.82) is 0 Å². The molecule has 1 radical (unpaired) electrons. The second-order valence-electron chi connectivity index (χ2n) is 19.5. The van der Waals surface area contributed by atoms with E-state index < -0.39 is 0 Å². The van der Waals surface area contributed by atoms with Gasteiger partial charge in [-0.15, -0.1) is 54.1 Å². The maximum atomic E-state index is 6.69. The summed E-state index contributed by atoms with van der Waals surface area (Å²) in [7, 11) is 0. The molecule has 12 aromatic rings. The van der Waals surface area contributed by atoms with Crippen LogP contribution in [0.15, 0.2) is 185 Å². The fourth-order valence-electron chi connectivity index (χ4n) is 9.44. The van der Waals surface area contributed by atoms with Crippen LogP contribution in [0.2, 0.25) is 0 Å². The molecular weight excluding hydrogens is 1040 g/mol. The van der Waals surface area contributed by atoms with Gasteiger partial charge in [0.15, 0.2) is 5.58 Å². The van der Waals surface area contributed by atoms with E-state index >= 15 is 0 Å². The molecule has 0 N–H and O–H groups in total. The Balaban J connectivity index is 0.000000285. The minimum Gasteiger partial charge on any atom is -0.486 e. The van der Waals surface area contributed by atoms with Crippen molar-refractivity contribution < 1.29 is 28.9 Å². The molecule has 0 atom stereocenters. The van der Waals surface area contributed by atoms with Crippen LogP contribution < -0.4 is 0 Å². The molecule has 0 spiro atoms. The molecule has 12 rings (SSSR count). The fourth-order valence-corrected chi connectivity index (χ4v) is 9.44. The third kappa shape index (κ3) is 8.54. The molecular formula is C63H52IrN4O2-2. The number of nitrogens with zero attached hydrogens (tertiary/aromatic N) is 4. The predicted octanol–water partition coefficient (Wildman–Crippen LogP) is 17.1. The summed E-state index contributed by atoms with van der Waals surface area (Å²) in [5.74, 6) is 1.26. The van der Waals surface area contributed by atoms with E-state index in [0.29, 0.717) is 11.3 Å². The van der Waals surface area contributed by atoms with E-state index in [-0.39, 0.29) is 37.4 Å². The van der Waals surface area contributed by atoms with Gasteiger partial charge in [-0.2, -0.15) is 0 Å². The molecule has 0 amide bonds. The number of hydrogen-bond donors (Lipinski definition) is 0. The van der Waals surface area contributed by atoms with Crippen LogP contribution in [-0.4, -0.2) is 19.5 Å². The quantitative estimate of drug-likeness (QED) is 0.149. The average Bonchev–Trinajstić information content (AvgIpc) is 4.06. The standard InChI is InChI=1S/C48H36N3O2.C15H16N.Ir/c1-28(2)37-25-33(32-23-21-31(22-24-32)30-13-6-5-7-14-30)26-38(29(3)4)45(37)51-41-19-10-9-18-40(41)49-47(51)36-17-12-16-34-39-27-43-44(50-48(39)53-46(34)36)35-15-8-11-20-42(35)52-43;1-15(2,3)13-9-10-16-14(11-13)12-7-5-4-6-8-12;/h5-16,18-29H,1-4H3;4-7,9-11H,1-3H3;/q2*-1;. The molecule has 0 saturated heterocycles. The summed E-state index contributed by atoms with van der Waals surface area (Å²) in [5.41, 5.74) is 18.4. The molecule has 0 aliphatic carbocycles. The second-order valence-corrected chi connectivity index (χ2v) is 19.5. The molecule has 70 heavy (non-hydrogen) atoms. The summed E-state index contributed by atoms with van der Waals surface area (Å²) in [4.78, 5) is 14.7. The van der Waals surface area contributed by atoms with Gasteiger partial charge < -0.3 is 18.4 Å². The Morgan fingerprint density at radius 2 is 1.23 bits per heavy atom. The SMILES string of the molecule is CC(C)(C)c1ccnc(-c2[c-]cccc2)c1.CC(C)c1cc(-c2ccc(-c3ccccc3)cc2)cc(C(C)C)c1-n1c(-c2[c-]ccc3c2oc2nc4c(cc23)oc2ccccc24)nc2ccccc21.[Ir]. The van der Waals surface area contributed by atoms with Gasteiger partial charge in [-0.25, -0.2) is 4.98 Å². The van der Waals surface area contributed by atoms with E-state index in [1.54, 1.807) is 0 Å². The largest absolute Gasteiger partial charge is 0.486 e. The normalized spacial score (nSPS) is 11.8. The molecule has 347 valence electrons. The van der Waals surface area contributed by atoms with Crippen molar-refractivity contribution in [3.63, 3.8) is 0 Å². The van der Waals surface area contributed by atoms with E-state index in [1.165, 1.54) is 38.9 Å². The summed E-state index contributed by atoms with van der Waals surface area (Å²) in [6.45, 7) is 15.7. The summed E-state index contributed by atoms with van der Waals surface area (Å²) in [6.07, 6.45) is 1.87. The Morgan fingerprint density at radius 3 is 1.94 bits per heavy atom. The summed E-state index contributed by atoms with van der Waals surface area (Å²) >= 11 is 0. The topological polar surface area (TPSA) is 69.9 Å². The van der Waals surface area contributed by atoms with Gasteiger partial charge in [-0.3, -0.25) is 4.98 Å². The molecule has 0 bridgehead atoms. The van der Waals surface area contributed by atoms with Gasteiger partial charge >= 0.3 is 0 Å². The van der Waals surface area contributed by atoms with E-state index in [1.807, 2.05) is 72.9 Å². The van der Waals surface area contributed by atoms with Crippen molar-refractivity contribution in [3.8, 4) is 50.6 Å². The number of imidazole rings is 1. The Bertz CT molecular complexity index is 3790. The minimum absolute atomic E-state index is 0. The molecule has 0 unspecified atom stereocenters. The van der Waals surface area contributed by atoms with Gasteiger partial charge in [0.1, 0.15) is 11.1 Å². The third-order valence-electron chi connectivity index (χ3n) is 13.1. The van der Waals surface area contributed by atoms with Crippen LogP contribution in [0.1, 0.15) is 77.0 Å². The zero-order valence-corrected chi connectivity index (χ0v) is 42.7. The Kier molecular flexibility index (Phi) is 12.4. The van der Waals surface area contributed by atoms with Gasteiger partial charge in [0.25, 0.3) is 0 Å². The van der Waals surface area contributed by atoms with Gasteiger partial charge in [-0.1, -0.05) is 144 Å². The van der Waals surface area contributed by atoms with Crippen LogP contribution in [-0.2, 0) is 25.5 Å². The fraction of sp³-hybridized carbons (Fsp3) is 0.159. The molecule has 0 aliphatic heterocycles. The van der Waals surface area contributed by atoms with E-state index in [2.05, 4.69) is 173 Å². The molecule has 6 nitrogen and oxygen atoms in total.